The van der Waals surface area contributed by atoms with E-state index >= 15 is 0 Å². The van der Waals surface area contributed by atoms with E-state index < -0.39 is 0 Å². The van der Waals surface area contributed by atoms with Crippen molar-refractivity contribution >= 4 is 28.3 Å². The van der Waals surface area contributed by atoms with Crippen LogP contribution in [0.25, 0.3) is 16.7 Å². The molecular formula is C22H21ClN4O. The molecule has 0 bridgehead atoms. The minimum absolute atomic E-state index is 0.0404. The first-order valence-electron chi connectivity index (χ1n) is 9.66. The maximum atomic E-state index is 13.3. The summed E-state index contributed by atoms with van der Waals surface area (Å²) >= 11 is 6.37. The van der Waals surface area contributed by atoms with E-state index in [9.17, 15) is 4.79 Å². The molecule has 0 aliphatic carbocycles. The number of hydrogen-bond acceptors (Lipinski definition) is 3. The van der Waals surface area contributed by atoms with E-state index in [1.165, 1.54) is 12.8 Å². The zero-order chi connectivity index (χ0) is 19.1. The summed E-state index contributed by atoms with van der Waals surface area (Å²) in [6, 6.07) is 15.4. The molecule has 2 aromatic carbocycles. The predicted molar refractivity (Wildman–Crippen MR) is 112 cm³/mol. The van der Waals surface area contributed by atoms with Crippen LogP contribution in [-0.2, 0) is 13.1 Å². The van der Waals surface area contributed by atoms with Crippen LogP contribution in [-0.4, -0.2) is 31.9 Å². The van der Waals surface area contributed by atoms with Crippen LogP contribution >= 0.6 is 11.6 Å². The molecule has 0 saturated carbocycles. The molecule has 1 fully saturated rings. The maximum absolute atomic E-state index is 13.3. The van der Waals surface area contributed by atoms with Gasteiger partial charge < -0.3 is 0 Å². The average molecular weight is 393 g/mol. The van der Waals surface area contributed by atoms with Crippen molar-refractivity contribution in [3.63, 3.8) is 0 Å². The number of benzene rings is 2. The van der Waals surface area contributed by atoms with Crippen LogP contribution in [0.5, 0.6) is 0 Å². The number of aromatic nitrogens is 3. The van der Waals surface area contributed by atoms with Gasteiger partial charge in [0, 0.05) is 11.6 Å². The summed E-state index contributed by atoms with van der Waals surface area (Å²) in [5, 5.41) is 1.35. The summed E-state index contributed by atoms with van der Waals surface area (Å²) in [4.78, 5) is 20.4. The first-order valence-corrected chi connectivity index (χ1v) is 10.0. The number of imidazole rings is 1. The van der Waals surface area contributed by atoms with E-state index in [1.807, 2.05) is 54.7 Å². The Hall–Kier alpha value is -2.63. The summed E-state index contributed by atoms with van der Waals surface area (Å²) in [6.07, 6.45) is 4.39. The van der Waals surface area contributed by atoms with Crippen molar-refractivity contribution in [1.82, 2.24) is 18.9 Å². The third kappa shape index (κ3) is 2.91. The third-order valence-corrected chi connectivity index (χ3v) is 5.92. The molecule has 0 spiro atoms. The SMILES string of the molecule is O=c1c2ccccc2n2c(CN3CCCC3)cnc2n1Cc1ccccc1Cl. The van der Waals surface area contributed by atoms with E-state index in [4.69, 9.17) is 11.6 Å². The van der Waals surface area contributed by atoms with Crippen molar-refractivity contribution in [3.05, 3.63) is 81.4 Å². The summed E-state index contributed by atoms with van der Waals surface area (Å²) in [6.45, 7) is 3.47. The number of likely N-dealkylation sites (tertiary alicyclic amines) is 1. The Morgan fingerprint density at radius 1 is 0.964 bits per heavy atom. The molecule has 0 N–H and O–H groups in total. The molecule has 0 unspecified atom stereocenters. The Labute approximate surface area is 167 Å². The Balaban J connectivity index is 1.73. The van der Waals surface area contributed by atoms with Gasteiger partial charge in [0.2, 0.25) is 5.78 Å². The summed E-state index contributed by atoms with van der Waals surface area (Å²) in [5.74, 6) is 0.665. The standard InChI is InChI=1S/C22H21ClN4O/c23-19-9-3-1-7-16(19)14-26-21(28)18-8-2-4-10-20(18)27-17(13-24-22(26)27)15-25-11-5-6-12-25/h1-4,7-10,13H,5-6,11-12,14-15H2. The van der Waals surface area contributed by atoms with E-state index in [2.05, 4.69) is 14.3 Å². The Bertz CT molecular complexity index is 1220. The largest absolute Gasteiger partial charge is 0.298 e. The smallest absolute Gasteiger partial charge is 0.263 e. The zero-order valence-electron chi connectivity index (χ0n) is 15.5. The second-order valence-electron chi connectivity index (χ2n) is 7.37. The van der Waals surface area contributed by atoms with Crippen molar-refractivity contribution in [1.29, 1.82) is 0 Å². The maximum Gasteiger partial charge on any atom is 0.263 e. The Morgan fingerprint density at radius 2 is 1.71 bits per heavy atom. The number of hydrogen-bond donors (Lipinski definition) is 0. The lowest BCUT2D eigenvalue weighted by atomic mass is 10.2. The van der Waals surface area contributed by atoms with Crippen LogP contribution in [0, 0.1) is 0 Å². The minimum atomic E-state index is -0.0404. The van der Waals surface area contributed by atoms with Gasteiger partial charge in [-0.3, -0.25) is 18.7 Å². The van der Waals surface area contributed by atoms with Crippen LogP contribution in [0.3, 0.4) is 0 Å². The highest BCUT2D eigenvalue weighted by molar-refractivity contribution is 6.31. The van der Waals surface area contributed by atoms with Gasteiger partial charge in [0.25, 0.3) is 5.56 Å². The molecule has 142 valence electrons. The lowest BCUT2D eigenvalue weighted by molar-refractivity contribution is 0.326. The van der Waals surface area contributed by atoms with Gasteiger partial charge in [0.05, 0.1) is 29.3 Å². The molecule has 0 amide bonds. The van der Waals surface area contributed by atoms with Crippen LogP contribution in [0.4, 0.5) is 0 Å². The van der Waals surface area contributed by atoms with Gasteiger partial charge >= 0.3 is 0 Å². The monoisotopic (exact) mass is 392 g/mol. The first kappa shape index (κ1) is 17.5. The molecule has 1 saturated heterocycles. The van der Waals surface area contributed by atoms with Gasteiger partial charge in [0.1, 0.15) is 0 Å². The quantitative estimate of drug-likeness (QED) is 0.528. The second-order valence-corrected chi connectivity index (χ2v) is 7.78. The molecule has 5 rings (SSSR count). The van der Waals surface area contributed by atoms with Crippen LogP contribution in [0.15, 0.2) is 59.5 Å². The van der Waals surface area contributed by atoms with E-state index in [0.29, 0.717) is 22.7 Å². The molecule has 28 heavy (non-hydrogen) atoms. The summed E-state index contributed by atoms with van der Waals surface area (Å²) in [7, 11) is 0. The van der Waals surface area contributed by atoms with Crippen LogP contribution < -0.4 is 5.56 Å². The van der Waals surface area contributed by atoms with Crippen molar-refractivity contribution in [3.8, 4) is 0 Å². The topological polar surface area (TPSA) is 42.5 Å². The second kappa shape index (κ2) is 7.08. The van der Waals surface area contributed by atoms with E-state index in [-0.39, 0.29) is 5.56 Å². The summed E-state index contributed by atoms with van der Waals surface area (Å²) < 4.78 is 3.86. The van der Waals surface area contributed by atoms with Crippen LogP contribution in [0.1, 0.15) is 24.1 Å². The number of para-hydroxylation sites is 1. The summed E-state index contributed by atoms with van der Waals surface area (Å²) in [5.41, 5.74) is 2.89. The number of rotatable bonds is 4. The van der Waals surface area contributed by atoms with Gasteiger partial charge in [-0.15, -0.1) is 0 Å². The molecule has 0 radical (unpaired) electrons. The first-order chi connectivity index (χ1) is 13.7. The van der Waals surface area contributed by atoms with Crippen molar-refractivity contribution in [2.24, 2.45) is 0 Å². The molecule has 5 nitrogen and oxygen atoms in total. The molecule has 2 aromatic heterocycles. The van der Waals surface area contributed by atoms with Gasteiger partial charge in [-0.2, -0.15) is 0 Å². The molecule has 3 heterocycles. The fraction of sp³-hybridized carbons (Fsp3) is 0.273. The predicted octanol–water partition coefficient (Wildman–Crippen LogP) is 3.95. The van der Waals surface area contributed by atoms with E-state index in [0.717, 1.165) is 36.4 Å². The number of halogens is 1. The highest BCUT2D eigenvalue weighted by Crippen LogP contribution is 2.21. The molecule has 1 aliphatic heterocycles. The highest BCUT2D eigenvalue weighted by atomic mass is 35.5. The average Bonchev–Trinajstić information content (AvgIpc) is 3.37. The molecule has 1 aliphatic rings. The van der Waals surface area contributed by atoms with Gasteiger partial charge in [-0.25, -0.2) is 4.98 Å². The molecule has 6 heteroatoms. The fourth-order valence-corrected chi connectivity index (χ4v) is 4.33. The Kier molecular flexibility index (Phi) is 4.41. The lowest BCUT2D eigenvalue weighted by Gasteiger charge is -2.16. The molecule has 0 atom stereocenters. The molecular weight excluding hydrogens is 372 g/mol. The van der Waals surface area contributed by atoms with Crippen molar-refractivity contribution in [2.75, 3.05) is 13.1 Å². The fourth-order valence-electron chi connectivity index (χ4n) is 4.14. The normalized spacial score (nSPS) is 15.0. The van der Waals surface area contributed by atoms with Crippen molar-refractivity contribution < 1.29 is 0 Å². The highest BCUT2D eigenvalue weighted by Gasteiger charge is 2.19. The van der Waals surface area contributed by atoms with Gasteiger partial charge in [-0.1, -0.05) is 41.9 Å². The zero-order valence-corrected chi connectivity index (χ0v) is 16.3. The Morgan fingerprint density at radius 3 is 2.54 bits per heavy atom. The third-order valence-electron chi connectivity index (χ3n) is 5.55. The van der Waals surface area contributed by atoms with Gasteiger partial charge in [-0.05, 0) is 49.7 Å². The number of nitrogens with zero attached hydrogens (tertiary/aromatic N) is 4. The van der Waals surface area contributed by atoms with Crippen molar-refractivity contribution in [2.45, 2.75) is 25.9 Å². The van der Waals surface area contributed by atoms with Gasteiger partial charge in [0.15, 0.2) is 0 Å². The lowest BCUT2D eigenvalue weighted by Crippen LogP contribution is -2.25. The van der Waals surface area contributed by atoms with E-state index in [1.54, 1.807) is 4.57 Å². The minimum Gasteiger partial charge on any atom is -0.298 e. The number of fused-ring (bicyclic) bond motifs is 3. The molecule has 4 aromatic rings. The van der Waals surface area contributed by atoms with Crippen LogP contribution in [0.2, 0.25) is 5.02 Å².